The number of aromatic nitrogens is 5. The van der Waals surface area contributed by atoms with Crippen LogP contribution >= 0.6 is 0 Å². The molecule has 3 heterocycles. The predicted octanol–water partition coefficient (Wildman–Crippen LogP) is 2.30. The highest BCUT2D eigenvalue weighted by Crippen LogP contribution is 2.29. The van der Waals surface area contributed by atoms with Gasteiger partial charge in [0.15, 0.2) is 5.82 Å². The number of ether oxygens (including phenoxy) is 1. The quantitative estimate of drug-likeness (QED) is 0.659. The first kappa shape index (κ1) is 19.7. The number of aromatic amines is 1. The summed E-state index contributed by atoms with van der Waals surface area (Å²) in [5.41, 5.74) is 2.71. The fourth-order valence-corrected chi connectivity index (χ4v) is 4.12. The molecule has 0 unspecified atom stereocenters. The van der Waals surface area contributed by atoms with Crippen LogP contribution < -0.4 is 5.56 Å². The molecule has 0 bridgehead atoms. The summed E-state index contributed by atoms with van der Waals surface area (Å²) >= 11 is 0. The van der Waals surface area contributed by atoms with E-state index in [1.54, 1.807) is 11.8 Å². The molecule has 0 spiro atoms. The third kappa shape index (κ3) is 4.09. The van der Waals surface area contributed by atoms with Crippen LogP contribution in [0.5, 0.6) is 0 Å². The number of hydrogen-bond acceptors (Lipinski definition) is 6. The molecule has 1 fully saturated rings. The van der Waals surface area contributed by atoms with Crippen LogP contribution in [0, 0.1) is 0 Å². The fraction of sp³-hybridized carbons (Fsp3) is 0.524. The van der Waals surface area contributed by atoms with E-state index in [4.69, 9.17) is 4.74 Å². The van der Waals surface area contributed by atoms with E-state index in [0.29, 0.717) is 24.5 Å². The number of methoxy groups -OCH3 is 1. The number of hydrogen-bond donors (Lipinski definition) is 1. The second-order valence-electron chi connectivity index (χ2n) is 7.58. The molecule has 154 valence electrons. The Bertz CT molecular complexity index is 1020. The molecule has 1 aliphatic rings. The molecule has 1 atom stereocenters. The Hall–Kier alpha value is -2.58. The lowest BCUT2D eigenvalue weighted by Crippen LogP contribution is -2.38. The van der Waals surface area contributed by atoms with Crippen molar-refractivity contribution in [2.45, 2.75) is 45.2 Å². The third-order valence-electron chi connectivity index (χ3n) is 5.71. The number of nitrogens with one attached hydrogen (secondary N) is 1. The molecule has 0 aliphatic carbocycles. The Morgan fingerprint density at radius 2 is 2.03 bits per heavy atom. The van der Waals surface area contributed by atoms with Gasteiger partial charge in [0.1, 0.15) is 6.04 Å². The van der Waals surface area contributed by atoms with Crippen LogP contribution in [-0.2, 0) is 17.7 Å². The van der Waals surface area contributed by atoms with Gasteiger partial charge in [-0.1, -0.05) is 19.4 Å². The average Bonchev–Trinajstić information content (AvgIpc) is 3.21. The Balaban J connectivity index is 1.83. The van der Waals surface area contributed by atoms with E-state index in [9.17, 15) is 4.79 Å². The molecular weight excluding hydrogens is 368 g/mol. The van der Waals surface area contributed by atoms with Gasteiger partial charge in [0.05, 0.1) is 13.2 Å². The highest BCUT2D eigenvalue weighted by atomic mass is 16.5. The molecular formula is C21H28N6O2. The molecule has 1 N–H and O–H groups in total. The smallest absolute Gasteiger partial charge is 0.253 e. The largest absolute Gasteiger partial charge is 0.383 e. The van der Waals surface area contributed by atoms with E-state index in [1.807, 2.05) is 12.1 Å². The highest BCUT2D eigenvalue weighted by Gasteiger charge is 2.31. The average molecular weight is 396 g/mol. The molecule has 1 aromatic carbocycles. The molecule has 4 rings (SSSR count). The molecule has 1 saturated heterocycles. The second kappa shape index (κ2) is 8.84. The van der Waals surface area contributed by atoms with E-state index < -0.39 is 0 Å². The number of nitrogens with zero attached hydrogens (tertiary/aromatic N) is 5. The maximum Gasteiger partial charge on any atom is 0.253 e. The van der Waals surface area contributed by atoms with Gasteiger partial charge in [-0.15, -0.1) is 5.10 Å². The molecule has 8 heteroatoms. The summed E-state index contributed by atoms with van der Waals surface area (Å²) < 4.78 is 6.97. The lowest BCUT2D eigenvalue weighted by atomic mass is 9.99. The predicted molar refractivity (Wildman–Crippen MR) is 111 cm³/mol. The summed E-state index contributed by atoms with van der Waals surface area (Å²) in [6.45, 7) is 5.05. The summed E-state index contributed by atoms with van der Waals surface area (Å²) in [4.78, 5) is 18.5. The second-order valence-corrected chi connectivity index (χ2v) is 7.58. The summed E-state index contributed by atoms with van der Waals surface area (Å²) in [7, 11) is 1.66. The third-order valence-corrected chi connectivity index (χ3v) is 5.71. The van der Waals surface area contributed by atoms with Crippen molar-refractivity contribution in [3.05, 3.63) is 51.6 Å². The molecule has 0 amide bonds. The van der Waals surface area contributed by atoms with Crippen molar-refractivity contribution in [3.8, 4) is 0 Å². The van der Waals surface area contributed by atoms with Gasteiger partial charge in [-0.25, -0.2) is 4.68 Å². The van der Waals surface area contributed by atoms with Crippen LogP contribution in [0.2, 0.25) is 0 Å². The Labute approximate surface area is 169 Å². The summed E-state index contributed by atoms with van der Waals surface area (Å²) in [6, 6.07) is 7.93. The number of tetrazole rings is 1. The van der Waals surface area contributed by atoms with Crippen LogP contribution in [-0.4, -0.2) is 56.9 Å². The monoisotopic (exact) mass is 396 g/mol. The Morgan fingerprint density at radius 1 is 1.21 bits per heavy atom. The van der Waals surface area contributed by atoms with Gasteiger partial charge in [0, 0.05) is 18.2 Å². The Kier molecular flexibility index (Phi) is 6.01. The van der Waals surface area contributed by atoms with Gasteiger partial charge in [0.2, 0.25) is 0 Å². The minimum Gasteiger partial charge on any atom is -0.383 e. The zero-order valence-corrected chi connectivity index (χ0v) is 17.1. The van der Waals surface area contributed by atoms with Crippen molar-refractivity contribution in [2.24, 2.45) is 0 Å². The number of pyridine rings is 1. The fourth-order valence-electron chi connectivity index (χ4n) is 4.12. The number of fused-ring (bicyclic) bond motifs is 1. The van der Waals surface area contributed by atoms with Crippen LogP contribution in [0.3, 0.4) is 0 Å². The number of aryl methyl sites for hydroxylation is 1. The van der Waals surface area contributed by atoms with Gasteiger partial charge in [-0.05, 0) is 71.9 Å². The van der Waals surface area contributed by atoms with E-state index in [1.165, 1.54) is 12.0 Å². The van der Waals surface area contributed by atoms with Gasteiger partial charge < -0.3 is 9.72 Å². The number of likely N-dealkylation sites (tertiary alicyclic amines) is 1. The molecule has 3 aromatic rings. The maximum atomic E-state index is 13.1. The Morgan fingerprint density at radius 3 is 2.79 bits per heavy atom. The minimum absolute atomic E-state index is 0.0846. The SMILES string of the molecule is CCc1ccc2[nH]c(=O)c([C@H](c3nnnn3CCOC)N3CCCCC3)cc2c1. The van der Waals surface area contributed by atoms with Crippen molar-refractivity contribution in [2.75, 3.05) is 26.8 Å². The van der Waals surface area contributed by atoms with Gasteiger partial charge in [0.25, 0.3) is 5.56 Å². The number of piperidine rings is 1. The van der Waals surface area contributed by atoms with E-state index in [0.717, 1.165) is 43.3 Å². The summed E-state index contributed by atoms with van der Waals surface area (Å²) in [6.07, 6.45) is 4.39. The van der Waals surface area contributed by atoms with Crippen molar-refractivity contribution in [3.63, 3.8) is 0 Å². The van der Waals surface area contributed by atoms with E-state index in [-0.39, 0.29) is 11.6 Å². The van der Waals surface area contributed by atoms with Gasteiger partial charge >= 0.3 is 0 Å². The van der Waals surface area contributed by atoms with E-state index in [2.05, 4.69) is 44.5 Å². The zero-order valence-electron chi connectivity index (χ0n) is 17.1. The molecule has 8 nitrogen and oxygen atoms in total. The van der Waals surface area contributed by atoms with Crippen LogP contribution in [0.15, 0.2) is 29.1 Å². The molecule has 29 heavy (non-hydrogen) atoms. The molecule has 0 saturated carbocycles. The first-order valence-electron chi connectivity index (χ1n) is 10.4. The van der Waals surface area contributed by atoms with Gasteiger partial charge in [-0.3, -0.25) is 9.69 Å². The van der Waals surface area contributed by atoms with Crippen molar-refractivity contribution in [1.29, 1.82) is 0 Å². The normalized spacial score (nSPS) is 16.3. The summed E-state index contributed by atoms with van der Waals surface area (Å²) in [5.74, 6) is 0.695. The molecule has 2 aromatic heterocycles. The van der Waals surface area contributed by atoms with Crippen LogP contribution in [0.1, 0.15) is 49.2 Å². The first-order valence-corrected chi connectivity index (χ1v) is 10.4. The van der Waals surface area contributed by atoms with Crippen molar-refractivity contribution >= 4 is 10.9 Å². The first-order chi connectivity index (χ1) is 14.2. The topological polar surface area (TPSA) is 88.9 Å². The van der Waals surface area contributed by atoms with Crippen molar-refractivity contribution in [1.82, 2.24) is 30.1 Å². The maximum absolute atomic E-state index is 13.1. The highest BCUT2D eigenvalue weighted by molar-refractivity contribution is 5.80. The number of rotatable bonds is 7. The molecule has 1 aliphatic heterocycles. The van der Waals surface area contributed by atoms with Gasteiger partial charge in [-0.2, -0.15) is 0 Å². The number of H-pyrrole nitrogens is 1. The van der Waals surface area contributed by atoms with Crippen LogP contribution in [0.25, 0.3) is 10.9 Å². The van der Waals surface area contributed by atoms with Crippen LogP contribution in [0.4, 0.5) is 0 Å². The zero-order chi connectivity index (χ0) is 20.2. The summed E-state index contributed by atoms with van der Waals surface area (Å²) in [5, 5.41) is 13.4. The standard InChI is InChI=1S/C21H28N6O2/c1-3-15-7-8-18-16(13-15)14-17(21(28)22-18)19(26-9-5-4-6-10-26)20-23-24-25-27(20)11-12-29-2/h7-8,13-14,19H,3-6,9-12H2,1-2H3,(H,22,28)/t19-/m1/s1. The lowest BCUT2D eigenvalue weighted by Gasteiger charge is -2.33. The number of benzene rings is 1. The molecule has 0 radical (unpaired) electrons. The van der Waals surface area contributed by atoms with Crippen molar-refractivity contribution < 1.29 is 4.74 Å². The lowest BCUT2D eigenvalue weighted by molar-refractivity contribution is 0.163. The minimum atomic E-state index is -0.277. The van der Waals surface area contributed by atoms with E-state index >= 15 is 0 Å².